The van der Waals surface area contributed by atoms with Gasteiger partial charge in [-0.2, -0.15) is 0 Å². The third-order valence-electron chi connectivity index (χ3n) is 3.38. The summed E-state index contributed by atoms with van der Waals surface area (Å²) in [7, 11) is 1.59. The number of hydrogen-bond donors (Lipinski definition) is 1. The van der Waals surface area contributed by atoms with Crippen LogP contribution in [0.4, 0.5) is 5.69 Å². The first-order valence-electron chi connectivity index (χ1n) is 7.32. The van der Waals surface area contributed by atoms with Gasteiger partial charge in [0.15, 0.2) is 0 Å². The number of rotatable bonds is 7. The largest absolute Gasteiger partial charge is 0.496 e. The lowest BCUT2D eigenvalue weighted by Crippen LogP contribution is -2.30. The van der Waals surface area contributed by atoms with Crippen molar-refractivity contribution < 1.29 is 14.5 Å². The van der Waals surface area contributed by atoms with E-state index in [9.17, 15) is 14.9 Å². The number of hydrogen-bond acceptors (Lipinski definition) is 5. The van der Waals surface area contributed by atoms with E-state index < -0.39 is 4.92 Å². The summed E-state index contributed by atoms with van der Waals surface area (Å²) in [6.07, 6.45) is 0. The number of non-ortho nitro benzene ring substituents is 1. The van der Waals surface area contributed by atoms with Crippen LogP contribution in [-0.4, -0.2) is 23.2 Å². The SMILES string of the molecule is COc1ccccc1CNC(=O)C(C)Sc1ccc([N+](=O)[O-])cc1. The van der Waals surface area contributed by atoms with Gasteiger partial charge < -0.3 is 10.1 Å². The minimum absolute atomic E-state index is 0.0348. The standard InChI is InChI=1S/C17H18N2O4S/c1-12(24-15-9-7-14(8-10-15)19(21)22)17(20)18-11-13-5-3-4-6-16(13)23-2/h3-10,12H,11H2,1-2H3,(H,18,20). The van der Waals surface area contributed by atoms with Crippen molar-refractivity contribution in [2.75, 3.05) is 7.11 Å². The van der Waals surface area contributed by atoms with Crippen LogP contribution in [0, 0.1) is 10.1 Å². The lowest BCUT2D eigenvalue weighted by Gasteiger charge is -2.13. The van der Waals surface area contributed by atoms with Crippen LogP contribution in [0.25, 0.3) is 0 Å². The van der Waals surface area contributed by atoms with Crippen LogP contribution in [0.3, 0.4) is 0 Å². The highest BCUT2D eigenvalue weighted by molar-refractivity contribution is 8.00. The minimum atomic E-state index is -0.447. The first kappa shape index (κ1) is 17.8. The van der Waals surface area contributed by atoms with Crippen LogP contribution in [0.15, 0.2) is 53.4 Å². The fourth-order valence-electron chi connectivity index (χ4n) is 2.08. The zero-order chi connectivity index (χ0) is 17.5. The molecule has 24 heavy (non-hydrogen) atoms. The van der Waals surface area contributed by atoms with Crippen molar-refractivity contribution in [3.05, 3.63) is 64.2 Å². The van der Waals surface area contributed by atoms with Gasteiger partial charge in [-0.25, -0.2) is 0 Å². The maximum Gasteiger partial charge on any atom is 0.269 e. The molecule has 0 aliphatic rings. The number of nitrogens with zero attached hydrogens (tertiary/aromatic N) is 1. The predicted molar refractivity (Wildman–Crippen MR) is 93.3 cm³/mol. The number of methoxy groups -OCH3 is 1. The van der Waals surface area contributed by atoms with Crippen LogP contribution in [0.2, 0.25) is 0 Å². The Hall–Kier alpha value is -2.54. The van der Waals surface area contributed by atoms with E-state index in [1.54, 1.807) is 26.2 Å². The minimum Gasteiger partial charge on any atom is -0.496 e. The molecule has 2 aromatic carbocycles. The molecule has 0 heterocycles. The quantitative estimate of drug-likeness (QED) is 0.472. The van der Waals surface area contributed by atoms with Gasteiger partial charge in [0.05, 0.1) is 17.3 Å². The van der Waals surface area contributed by atoms with Crippen LogP contribution < -0.4 is 10.1 Å². The lowest BCUT2D eigenvalue weighted by atomic mass is 10.2. The first-order valence-corrected chi connectivity index (χ1v) is 8.20. The zero-order valence-corrected chi connectivity index (χ0v) is 14.2. The Morgan fingerprint density at radius 2 is 1.92 bits per heavy atom. The molecule has 7 heteroatoms. The molecule has 0 bridgehead atoms. The highest BCUT2D eigenvalue weighted by Gasteiger charge is 2.15. The van der Waals surface area contributed by atoms with Crippen LogP contribution >= 0.6 is 11.8 Å². The summed E-state index contributed by atoms with van der Waals surface area (Å²) < 4.78 is 5.25. The Kier molecular flexibility index (Phi) is 6.20. The number of thioether (sulfide) groups is 1. The van der Waals surface area contributed by atoms with E-state index >= 15 is 0 Å². The van der Waals surface area contributed by atoms with Gasteiger partial charge in [-0.05, 0) is 25.1 Å². The number of nitro groups is 1. The fraction of sp³-hybridized carbons (Fsp3) is 0.235. The number of para-hydroxylation sites is 1. The zero-order valence-electron chi connectivity index (χ0n) is 13.4. The van der Waals surface area contributed by atoms with E-state index in [2.05, 4.69) is 5.32 Å². The normalized spacial score (nSPS) is 11.6. The van der Waals surface area contributed by atoms with Crippen molar-refractivity contribution in [1.29, 1.82) is 0 Å². The smallest absolute Gasteiger partial charge is 0.269 e. The molecule has 126 valence electrons. The Bertz CT molecular complexity index is 719. The Balaban J connectivity index is 1.91. The highest BCUT2D eigenvalue weighted by Crippen LogP contribution is 2.25. The van der Waals surface area contributed by atoms with Crippen molar-refractivity contribution in [2.24, 2.45) is 0 Å². The molecule has 6 nitrogen and oxygen atoms in total. The highest BCUT2D eigenvalue weighted by atomic mass is 32.2. The third kappa shape index (κ3) is 4.73. The molecule has 1 atom stereocenters. The molecule has 0 spiro atoms. The molecule has 0 radical (unpaired) electrons. The van der Waals surface area contributed by atoms with Crippen LogP contribution in [-0.2, 0) is 11.3 Å². The predicted octanol–water partition coefficient (Wildman–Crippen LogP) is 3.40. The summed E-state index contributed by atoms with van der Waals surface area (Å²) in [6, 6.07) is 13.7. The second kappa shape index (κ2) is 8.35. The second-order valence-electron chi connectivity index (χ2n) is 5.04. The lowest BCUT2D eigenvalue weighted by molar-refractivity contribution is -0.384. The van der Waals surface area contributed by atoms with Gasteiger partial charge in [-0.3, -0.25) is 14.9 Å². The summed E-state index contributed by atoms with van der Waals surface area (Å²) >= 11 is 1.35. The Morgan fingerprint density at radius 3 is 2.54 bits per heavy atom. The van der Waals surface area contributed by atoms with Gasteiger partial charge in [0, 0.05) is 29.1 Å². The van der Waals surface area contributed by atoms with Gasteiger partial charge in [0.1, 0.15) is 5.75 Å². The molecule has 1 amide bonds. The average Bonchev–Trinajstić information content (AvgIpc) is 2.60. The number of nitro benzene ring substituents is 1. The molecule has 0 saturated heterocycles. The molecular weight excluding hydrogens is 328 g/mol. The molecule has 2 rings (SSSR count). The van der Waals surface area contributed by atoms with Gasteiger partial charge in [-0.1, -0.05) is 18.2 Å². The molecule has 1 N–H and O–H groups in total. The van der Waals surface area contributed by atoms with Gasteiger partial charge >= 0.3 is 0 Å². The Morgan fingerprint density at radius 1 is 1.25 bits per heavy atom. The van der Waals surface area contributed by atoms with E-state index in [0.717, 1.165) is 16.2 Å². The van der Waals surface area contributed by atoms with Crippen molar-refractivity contribution in [1.82, 2.24) is 5.32 Å². The van der Waals surface area contributed by atoms with Crippen molar-refractivity contribution in [3.63, 3.8) is 0 Å². The Labute approximate surface area is 144 Å². The fourth-order valence-corrected chi connectivity index (χ4v) is 2.97. The monoisotopic (exact) mass is 346 g/mol. The van der Waals surface area contributed by atoms with E-state index in [1.807, 2.05) is 24.3 Å². The molecule has 0 aliphatic carbocycles. The summed E-state index contributed by atoms with van der Waals surface area (Å²) in [5, 5.41) is 13.2. The number of benzene rings is 2. The summed E-state index contributed by atoms with van der Waals surface area (Å²) in [5.74, 6) is 0.623. The van der Waals surface area contributed by atoms with Crippen molar-refractivity contribution in [2.45, 2.75) is 23.6 Å². The molecule has 0 aliphatic heterocycles. The molecule has 2 aromatic rings. The van der Waals surface area contributed by atoms with Crippen molar-refractivity contribution >= 4 is 23.4 Å². The molecule has 0 saturated carbocycles. The number of nitrogens with one attached hydrogen (secondary N) is 1. The maximum atomic E-state index is 12.2. The molecule has 0 fully saturated rings. The first-order chi connectivity index (χ1) is 11.5. The van der Waals surface area contributed by atoms with Gasteiger partial charge in [0.25, 0.3) is 5.69 Å². The maximum absolute atomic E-state index is 12.2. The van der Waals surface area contributed by atoms with E-state index in [-0.39, 0.29) is 16.8 Å². The molecular formula is C17H18N2O4S. The number of ether oxygens (including phenoxy) is 1. The third-order valence-corrected chi connectivity index (χ3v) is 4.49. The van der Waals surface area contributed by atoms with Gasteiger partial charge in [0.2, 0.25) is 5.91 Å². The molecule has 1 unspecified atom stereocenters. The average molecular weight is 346 g/mol. The van der Waals surface area contributed by atoms with E-state index in [0.29, 0.717) is 6.54 Å². The van der Waals surface area contributed by atoms with Gasteiger partial charge in [-0.15, -0.1) is 11.8 Å². The number of amides is 1. The number of carbonyl (C=O) groups excluding carboxylic acids is 1. The van der Waals surface area contributed by atoms with Crippen LogP contribution in [0.5, 0.6) is 5.75 Å². The summed E-state index contributed by atoms with van der Waals surface area (Å²) in [4.78, 5) is 23.2. The molecule has 0 aromatic heterocycles. The van der Waals surface area contributed by atoms with E-state index in [4.69, 9.17) is 4.74 Å². The summed E-state index contributed by atoms with van der Waals surface area (Å²) in [5.41, 5.74) is 0.938. The topological polar surface area (TPSA) is 81.5 Å². The van der Waals surface area contributed by atoms with Crippen molar-refractivity contribution in [3.8, 4) is 5.75 Å². The van der Waals surface area contributed by atoms with Crippen LogP contribution in [0.1, 0.15) is 12.5 Å². The second-order valence-corrected chi connectivity index (χ2v) is 6.45. The summed E-state index contributed by atoms with van der Waals surface area (Å²) in [6.45, 7) is 2.18. The van der Waals surface area contributed by atoms with E-state index in [1.165, 1.54) is 23.9 Å². The number of carbonyl (C=O) groups is 1.